The molecule has 1 spiro atoms. The maximum atomic E-state index is 12.3. The largest absolute Gasteiger partial charge is 0.433 e. The number of nitrogens with zero attached hydrogens (tertiary/aromatic N) is 6. The second kappa shape index (κ2) is 9.65. The first-order chi connectivity index (χ1) is 19.0. The number of carbonyl (C=O) groups is 1. The van der Waals surface area contributed by atoms with Gasteiger partial charge < -0.3 is 25.6 Å². The summed E-state index contributed by atoms with van der Waals surface area (Å²) in [6.07, 6.45) is 3.18. The summed E-state index contributed by atoms with van der Waals surface area (Å²) in [6, 6.07) is 3.72. The number of ether oxygens (including phenoxy) is 1. The number of likely N-dealkylation sites (tertiary alicyclic amines) is 1. The quantitative estimate of drug-likeness (QED) is 0.490. The van der Waals surface area contributed by atoms with Crippen LogP contribution >= 0.6 is 0 Å². The van der Waals surface area contributed by atoms with Gasteiger partial charge in [0.2, 0.25) is 0 Å². The Hall–Kier alpha value is -3.87. The van der Waals surface area contributed by atoms with E-state index < -0.39 is 18.8 Å². The van der Waals surface area contributed by atoms with Crippen LogP contribution in [0.1, 0.15) is 35.6 Å². The van der Waals surface area contributed by atoms with Crippen molar-refractivity contribution in [3.63, 3.8) is 0 Å². The summed E-state index contributed by atoms with van der Waals surface area (Å²) in [5.41, 5.74) is 11.6. The van der Waals surface area contributed by atoms with Crippen molar-refractivity contribution < 1.29 is 22.7 Å². The number of hydrogen-bond acceptors (Lipinski definition) is 7. The predicted molar refractivity (Wildman–Crippen MR) is 141 cm³/mol. The topological polar surface area (TPSA) is 114 Å². The third-order valence-corrected chi connectivity index (χ3v) is 8.10. The first-order valence-electron chi connectivity index (χ1n) is 13.2. The number of likely N-dealkylation sites (N-methyl/N-ethyl adjacent to an activating group) is 1. The van der Waals surface area contributed by atoms with Crippen LogP contribution in [0.5, 0.6) is 11.6 Å². The second-order valence-corrected chi connectivity index (χ2v) is 11.3. The average Bonchev–Trinajstić information content (AvgIpc) is 3.29. The van der Waals surface area contributed by atoms with Crippen LogP contribution in [0.3, 0.4) is 0 Å². The van der Waals surface area contributed by atoms with Gasteiger partial charge in [-0.3, -0.25) is 4.68 Å². The zero-order chi connectivity index (χ0) is 28.2. The maximum Gasteiger partial charge on any atom is 0.405 e. The molecule has 1 saturated carbocycles. The van der Waals surface area contributed by atoms with Crippen molar-refractivity contribution in [2.75, 3.05) is 39.0 Å². The van der Waals surface area contributed by atoms with Crippen molar-refractivity contribution in [1.82, 2.24) is 34.9 Å². The van der Waals surface area contributed by atoms with E-state index in [0.717, 1.165) is 37.9 Å². The number of nitrogens with one attached hydrogen (secondary N) is 1. The summed E-state index contributed by atoms with van der Waals surface area (Å²) in [5, 5.41) is 6.35. The Morgan fingerprint density at radius 1 is 1.25 bits per heavy atom. The molecule has 3 aromatic rings. The summed E-state index contributed by atoms with van der Waals surface area (Å²) in [7, 11) is 2.12. The van der Waals surface area contributed by atoms with Crippen molar-refractivity contribution in [2.45, 2.75) is 44.9 Å². The van der Waals surface area contributed by atoms with Crippen LogP contribution < -0.4 is 15.8 Å². The minimum Gasteiger partial charge on any atom is -0.433 e. The number of halogens is 3. The Kier molecular flexibility index (Phi) is 6.36. The van der Waals surface area contributed by atoms with E-state index in [2.05, 4.69) is 46.1 Å². The highest BCUT2D eigenvalue weighted by Gasteiger charge is 2.54. The monoisotopic (exact) mass is 556 g/mol. The van der Waals surface area contributed by atoms with Crippen LogP contribution in [0.25, 0.3) is 11.3 Å². The van der Waals surface area contributed by atoms with Crippen LogP contribution in [-0.2, 0) is 13.0 Å². The van der Waals surface area contributed by atoms with E-state index in [1.54, 1.807) is 18.6 Å². The van der Waals surface area contributed by atoms with E-state index in [1.165, 1.54) is 21.6 Å². The van der Waals surface area contributed by atoms with Gasteiger partial charge in [0, 0.05) is 37.2 Å². The highest BCUT2D eigenvalue weighted by atomic mass is 19.4. The van der Waals surface area contributed by atoms with Gasteiger partial charge in [-0.15, -0.1) is 0 Å². The Labute approximate surface area is 229 Å². The van der Waals surface area contributed by atoms with E-state index in [1.807, 2.05) is 10.00 Å². The molecule has 2 aliphatic heterocycles. The minimum atomic E-state index is -4.42. The molecule has 1 aliphatic carbocycles. The molecule has 2 amide bonds. The molecule has 0 bridgehead atoms. The number of carbonyl (C=O) groups excluding carboxylic acids is 1. The Morgan fingerprint density at radius 2 is 2.02 bits per heavy atom. The average molecular weight is 557 g/mol. The fraction of sp³-hybridized carbons (Fsp3) is 0.481. The third-order valence-electron chi connectivity index (χ3n) is 8.10. The van der Waals surface area contributed by atoms with Gasteiger partial charge in [0.05, 0.1) is 30.3 Å². The summed E-state index contributed by atoms with van der Waals surface area (Å²) in [5.74, 6) is 0.852. The molecule has 3 aliphatic rings. The lowest BCUT2D eigenvalue weighted by Crippen LogP contribution is -2.65. The number of alkyl halides is 3. The summed E-state index contributed by atoms with van der Waals surface area (Å²) < 4.78 is 44.8. The van der Waals surface area contributed by atoms with Gasteiger partial charge in [-0.25, -0.2) is 14.8 Å². The molecular formula is C27H31F3N8O2. The van der Waals surface area contributed by atoms with Crippen molar-refractivity contribution in [3.8, 4) is 22.9 Å². The van der Waals surface area contributed by atoms with E-state index in [4.69, 9.17) is 10.5 Å². The SMILES string of the molecule is Cc1cc(-c2cnc(N)c(Oc3cnn(C4CC5(C4)CN(C(=O)NCC(F)(F)F)C5)c3)n2)cc2c1CCN(C)C2. The van der Waals surface area contributed by atoms with E-state index in [-0.39, 0.29) is 23.2 Å². The first-order valence-corrected chi connectivity index (χ1v) is 13.2. The highest BCUT2D eigenvalue weighted by molar-refractivity contribution is 5.75. The van der Waals surface area contributed by atoms with Gasteiger partial charge in [0.15, 0.2) is 11.6 Å². The van der Waals surface area contributed by atoms with Crippen LogP contribution in [0, 0.1) is 12.3 Å². The number of hydrogen-bond donors (Lipinski definition) is 2. The Bertz CT molecular complexity index is 1440. The normalized spacial score (nSPS) is 18.7. The van der Waals surface area contributed by atoms with E-state index in [0.29, 0.717) is 24.5 Å². The molecule has 1 aromatic carbocycles. The van der Waals surface area contributed by atoms with Gasteiger partial charge in [0.1, 0.15) is 6.54 Å². The van der Waals surface area contributed by atoms with Crippen molar-refractivity contribution in [3.05, 3.63) is 47.4 Å². The van der Waals surface area contributed by atoms with Gasteiger partial charge in [0.25, 0.3) is 5.88 Å². The number of amides is 2. The van der Waals surface area contributed by atoms with Crippen molar-refractivity contribution in [2.24, 2.45) is 5.41 Å². The van der Waals surface area contributed by atoms with Crippen LogP contribution in [0.4, 0.5) is 23.8 Å². The molecule has 6 rings (SSSR count). The highest BCUT2D eigenvalue weighted by Crippen LogP contribution is 2.54. The number of urea groups is 1. The summed E-state index contributed by atoms with van der Waals surface area (Å²) in [6.45, 7) is 3.61. The van der Waals surface area contributed by atoms with Crippen molar-refractivity contribution >= 4 is 11.8 Å². The molecule has 2 aromatic heterocycles. The number of aryl methyl sites for hydroxylation is 1. The minimum absolute atomic E-state index is 0.0702. The van der Waals surface area contributed by atoms with Crippen LogP contribution in [-0.4, -0.2) is 75.0 Å². The summed E-state index contributed by atoms with van der Waals surface area (Å²) >= 11 is 0. The fourth-order valence-electron chi connectivity index (χ4n) is 6.07. The van der Waals surface area contributed by atoms with Crippen molar-refractivity contribution in [1.29, 1.82) is 0 Å². The number of aromatic nitrogens is 4. The number of rotatable bonds is 5. The lowest BCUT2D eigenvalue weighted by Gasteiger charge is -2.58. The first kappa shape index (κ1) is 26.4. The van der Waals surface area contributed by atoms with E-state index in [9.17, 15) is 18.0 Å². The number of anilines is 1. The fourth-order valence-corrected chi connectivity index (χ4v) is 6.07. The molecule has 1 saturated heterocycles. The molecular weight excluding hydrogens is 525 g/mol. The Morgan fingerprint density at radius 3 is 2.77 bits per heavy atom. The zero-order valence-electron chi connectivity index (χ0n) is 22.3. The number of benzene rings is 1. The number of nitrogen functional groups attached to an aromatic ring is 1. The maximum absolute atomic E-state index is 12.3. The second-order valence-electron chi connectivity index (χ2n) is 11.3. The van der Waals surface area contributed by atoms with Gasteiger partial charge >= 0.3 is 12.2 Å². The molecule has 2 fully saturated rings. The molecule has 40 heavy (non-hydrogen) atoms. The molecule has 4 heterocycles. The molecule has 13 heteroatoms. The molecule has 212 valence electrons. The zero-order valence-corrected chi connectivity index (χ0v) is 22.3. The summed E-state index contributed by atoms with van der Waals surface area (Å²) in [4.78, 5) is 24.6. The van der Waals surface area contributed by atoms with Gasteiger partial charge in [-0.05, 0) is 62.1 Å². The van der Waals surface area contributed by atoms with Gasteiger partial charge in [-0.1, -0.05) is 0 Å². The molecule has 0 radical (unpaired) electrons. The lowest BCUT2D eigenvalue weighted by molar-refractivity contribution is -0.124. The lowest BCUT2D eigenvalue weighted by atomic mass is 9.61. The van der Waals surface area contributed by atoms with Crippen LogP contribution in [0.15, 0.2) is 30.7 Å². The predicted octanol–water partition coefficient (Wildman–Crippen LogP) is 3.92. The number of nitrogens with two attached hydrogens (primary N) is 1. The standard InChI is InChI=1S/C27H31F3N8O2/c1-16-5-17(6-18-11-36(2)4-3-21(16)18)22-10-32-23(31)24(35-22)40-20-9-34-38(12-20)19-7-26(8-19)14-37(15-26)25(39)33-13-27(28,29)30/h5-6,9-10,12,19H,3-4,7-8,11,13-15H2,1-2H3,(H2,31,32)(H,33,39). The smallest absolute Gasteiger partial charge is 0.405 e. The third kappa shape index (κ3) is 5.17. The molecule has 10 nitrogen and oxygen atoms in total. The molecule has 0 unspecified atom stereocenters. The van der Waals surface area contributed by atoms with Gasteiger partial charge in [-0.2, -0.15) is 18.3 Å². The number of fused-ring (bicyclic) bond motifs is 1. The van der Waals surface area contributed by atoms with E-state index >= 15 is 0 Å². The molecule has 3 N–H and O–H groups in total. The Balaban J connectivity index is 1.08. The molecule has 0 atom stereocenters. The van der Waals surface area contributed by atoms with Crippen LogP contribution in [0.2, 0.25) is 0 Å².